The van der Waals surface area contributed by atoms with Crippen LogP contribution >= 0.6 is 11.6 Å². The summed E-state index contributed by atoms with van der Waals surface area (Å²) in [4.78, 5) is 11.5. The molecule has 0 amide bonds. The third kappa shape index (κ3) is 5.76. The molecule has 0 aliphatic rings. The Morgan fingerprint density at radius 1 is 1.23 bits per heavy atom. The number of benzene rings is 1. The van der Waals surface area contributed by atoms with Crippen LogP contribution in [0.1, 0.15) is 5.56 Å². The lowest BCUT2D eigenvalue weighted by Crippen LogP contribution is -2.39. The molecule has 0 aromatic heterocycles. The Bertz CT molecular complexity index is 627. The summed E-state index contributed by atoms with van der Waals surface area (Å²) in [6.07, 6.45) is 2.88. The Labute approximate surface area is 136 Å². The zero-order chi connectivity index (χ0) is 16.8. The summed E-state index contributed by atoms with van der Waals surface area (Å²) in [5.41, 5.74) is 0.814. The maximum absolute atomic E-state index is 11.7. The van der Waals surface area contributed by atoms with E-state index in [1.807, 2.05) is 0 Å². The molecule has 0 saturated heterocycles. The molecule has 0 N–H and O–H groups in total. The van der Waals surface area contributed by atoms with Crippen molar-refractivity contribution in [3.05, 3.63) is 40.9 Å². The van der Waals surface area contributed by atoms with Crippen molar-refractivity contribution >= 4 is 33.9 Å². The first kappa shape index (κ1) is 18.6. The van der Waals surface area contributed by atoms with Gasteiger partial charge in [-0.25, -0.2) is 4.79 Å². The number of rotatable bonds is 7. The van der Waals surface area contributed by atoms with Crippen molar-refractivity contribution in [3.63, 3.8) is 0 Å². The Morgan fingerprint density at radius 2 is 1.82 bits per heavy atom. The van der Waals surface area contributed by atoms with Crippen LogP contribution in [0.3, 0.4) is 0 Å². The molecular weight excluding hydrogens is 328 g/mol. The van der Waals surface area contributed by atoms with Gasteiger partial charge in [0.2, 0.25) is 0 Å². The van der Waals surface area contributed by atoms with E-state index >= 15 is 0 Å². The molecular formula is C14H19ClN2O4S. The van der Waals surface area contributed by atoms with E-state index in [0.29, 0.717) is 5.02 Å². The summed E-state index contributed by atoms with van der Waals surface area (Å²) in [6, 6.07) is 6.97. The molecule has 0 unspecified atom stereocenters. The zero-order valence-electron chi connectivity index (χ0n) is 12.7. The third-order valence-electron chi connectivity index (χ3n) is 2.79. The molecule has 0 saturated carbocycles. The van der Waals surface area contributed by atoms with E-state index in [1.54, 1.807) is 30.3 Å². The van der Waals surface area contributed by atoms with Gasteiger partial charge in [-0.2, -0.15) is 17.0 Å². The van der Waals surface area contributed by atoms with E-state index in [1.165, 1.54) is 27.2 Å². The molecule has 0 aliphatic heterocycles. The average molecular weight is 347 g/mol. The number of carbonyl (C=O) groups is 1. The number of esters is 1. The van der Waals surface area contributed by atoms with Gasteiger partial charge in [-0.3, -0.25) is 0 Å². The van der Waals surface area contributed by atoms with Crippen molar-refractivity contribution in [1.82, 2.24) is 8.61 Å². The lowest BCUT2D eigenvalue weighted by Gasteiger charge is -2.20. The van der Waals surface area contributed by atoms with Crippen LogP contribution in [-0.2, 0) is 19.7 Å². The number of hydrogen-bond donors (Lipinski definition) is 0. The van der Waals surface area contributed by atoms with Gasteiger partial charge >= 0.3 is 5.97 Å². The first-order valence-corrected chi connectivity index (χ1v) is 8.25. The molecule has 0 aliphatic carbocycles. The molecule has 0 spiro atoms. The van der Waals surface area contributed by atoms with Crippen molar-refractivity contribution in [1.29, 1.82) is 0 Å². The lowest BCUT2D eigenvalue weighted by molar-refractivity contribution is -0.137. The SMILES string of the molecule is CN(C)S(=O)(=O)N(C)CCOC(=O)/C=C\c1ccc(Cl)cc1. The minimum atomic E-state index is -3.49. The highest BCUT2D eigenvalue weighted by atomic mass is 35.5. The summed E-state index contributed by atoms with van der Waals surface area (Å²) >= 11 is 5.76. The van der Waals surface area contributed by atoms with Crippen molar-refractivity contribution in [2.75, 3.05) is 34.3 Å². The van der Waals surface area contributed by atoms with Gasteiger partial charge in [0.25, 0.3) is 10.2 Å². The number of ether oxygens (including phenoxy) is 1. The topological polar surface area (TPSA) is 66.9 Å². The van der Waals surface area contributed by atoms with E-state index in [4.69, 9.17) is 16.3 Å². The van der Waals surface area contributed by atoms with Gasteiger partial charge in [-0.05, 0) is 23.8 Å². The van der Waals surface area contributed by atoms with Gasteiger partial charge in [0.15, 0.2) is 0 Å². The van der Waals surface area contributed by atoms with Crippen molar-refractivity contribution in [3.8, 4) is 0 Å². The van der Waals surface area contributed by atoms with Crippen LogP contribution < -0.4 is 0 Å². The third-order valence-corrected chi connectivity index (χ3v) is 4.93. The maximum Gasteiger partial charge on any atom is 0.330 e. The lowest BCUT2D eigenvalue weighted by atomic mass is 10.2. The highest BCUT2D eigenvalue weighted by molar-refractivity contribution is 7.86. The van der Waals surface area contributed by atoms with Gasteiger partial charge in [-0.1, -0.05) is 23.7 Å². The Hall–Kier alpha value is -1.41. The quantitative estimate of drug-likeness (QED) is 0.556. The summed E-state index contributed by atoms with van der Waals surface area (Å²) < 4.78 is 30.6. The smallest absolute Gasteiger partial charge is 0.330 e. The molecule has 122 valence electrons. The molecule has 0 radical (unpaired) electrons. The summed E-state index contributed by atoms with van der Waals surface area (Å²) in [5, 5.41) is 0.616. The minimum Gasteiger partial charge on any atom is -0.461 e. The fourth-order valence-electron chi connectivity index (χ4n) is 1.46. The molecule has 1 aromatic carbocycles. The van der Waals surface area contributed by atoms with Crippen molar-refractivity contribution in [2.24, 2.45) is 0 Å². The fourth-order valence-corrected chi connectivity index (χ4v) is 2.44. The van der Waals surface area contributed by atoms with Gasteiger partial charge in [0, 0.05) is 38.8 Å². The monoisotopic (exact) mass is 346 g/mol. The molecule has 22 heavy (non-hydrogen) atoms. The average Bonchev–Trinajstić information content (AvgIpc) is 2.46. The molecule has 0 bridgehead atoms. The Balaban J connectivity index is 2.42. The van der Waals surface area contributed by atoms with Crippen LogP contribution in [0.2, 0.25) is 5.02 Å². The summed E-state index contributed by atoms with van der Waals surface area (Å²) in [5.74, 6) is -0.536. The molecule has 8 heteroatoms. The number of hydrogen-bond acceptors (Lipinski definition) is 4. The van der Waals surface area contributed by atoms with Gasteiger partial charge in [0.1, 0.15) is 6.61 Å². The normalized spacial score (nSPS) is 12.3. The molecule has 0 fully saturated rings. The number of carbonyl (C=O) groups excluding carboxylic acids is 1. The highest BCUT2D eigenvalue weighted by Gasteiger charge is 2.19. The van der Waals surface area contributed by atoms with E-state index in [9.17, 15) is 13.2 Å². The first-order chi connectivity index (χ1) is 10.2. The second kappa shape index (κ2) is 8.28. The highest BCUT2D eigenvalue weighted by Crippen LogP contribution is 2.10. The summed E-state index contributed by atoms with van der Waals surface area (Å²) in [6.45, 7) is 0.0639. The molecule has 0 heterocycles. The van der Waals surface area contributed by atoms with E-state index < -0.39 is 16.2 Å². The predicted molar refractivity (Wildman–Crippen MR) is 86.7 cm³/mol. The number of halogens is 1. The van der Waals surface area contributed by atoms with E-state index in [0.717, 1.165) is 14.2 Å². The fraction of sp³-hybridized carbons (Fsp3) is 0.357. The van der Waals surface area contributed by atoms with Crippen LogP contribution in [0.5, 0.6) is 0 Å². The van der Waals surface area contributed by atoms with Crippen LogP contribution in [0, 0.1) is 0 Å². The molecule has 1 aromatic rings. The van der Waals surface area contributed by atoms with Crippen molar-refractivity contribution < 1.29 is 17.9 Å². The number of likely N-dealkylation sites (N-methyl/N-ethyl adjacent to an activating group) is 1. The van der Waals surface area contributed by atoms with Gasteiger partial charge in [0.05, 0.1) is 0 Å². The molecule has 6 nitrogen and oxygen atoms in total. The van der Waals surface area contributed by atoms with Crippen LogP contribution in [-0.4, -0.2) is 57.3 Å². The largest absolute Gasteiger partial charge is 0.461 e. The minimum absolute atomic E-state index is 0.0205. The standard InChI is InChI=1S/C14H19ClN2O4S/c1-16(2)22(19,20)17(3)10-11-21-14(18)9-6-12-4-7-13(15)8-5-12/h4-9H,10-11H2,1-3H3/b9-6-. The second-order valence-electron chi connectivity index (χ2n) is 4.66. The Kier molecular flexibility index (Phi) is 7.02. The molecule has 1 rings (SSSR count). The Morgan fingerprint density at radius 3 is 2.36 bits per heavy atom. The second-order valence-corrected chi connectivity index (χ2v) is 7.35. The van der Waals surface area contributed by atoms with Crippen LogP contribution in [0.25, 0.3) is 6.08 Å². The predicted octanol–water partition coefficient (Wildman–Crippen LogP) is 1.63. The summed E-state index contributed by atoms with van der Waals surface area (Å²) in [7, 11) is 0.808. The van der Waals surface area contributed by atoms with Gasteiger partial charge in [-0.15, -0.1) is 0 Å². The first-order valence-electron chi connectivity index (χ1n) is 6.47. The van der Waals surface area contributed by atoms with Crippen molar-refractivity contribution in [2.45, 2.75) is 0 Å². The molecule has 0 atom stereocenters. The number of nitrogens with zero attached hydrogens (tertiary/aromatic N) is 2. The van der Waals surface area contributed by atoms with Crippen LogP contribution in [0.15, 0.2) is 30.3 Å². The van der Waals surface area contributed by atoms with E-state index in [2.05, 4.69) is 0 Å². The van der Waals surface area contributed by atoms with Gasteiger partial charge < -0.3 is 4.74 Å². The van der Waals surface area contributed by atoms with Crippen LogP contribution in [0.4, 0.5) is 0 Å². The van der Waals surface area contributed by atoms with E-state index in [-0.39, 0.29) is 13.2 Å². The maximum atomic E-state index is 11.7. The zero-order valence-corrected chi connectivity index (χ0v) is 14.3.